The van der Waals surface area contributed by atoms with Crippen LogP contribution in [0, 0.1) is 6.92 Å². The third-order valence-electron chi connectivity index (χ3n) is 6.47. The molecule has 1 aromatic carbocycles. The topological polar surface area (TPSA) is 126 Å². The first-order valence-corrected chi connectivity index (χ1v) is 13.0. The minimum Gasteiger partial charge on any atom is -0.383 e. The van der Waals surface area contributed by atoms with Gasteiger partial charge in [0.05, 0.1) is 11.3 Å². The molecule has 1 atom stereocenters. The lowest BCUT2D eigenvalue weighted by atomic mass is 9.82. The molecule has 1 unspecified atom stereocenters. The number of amides is 1. The lowest BCUT2D eigenvalue weighted by Crippen LogP contribution is -2.46. The van der Waals surface area contributed by atoms with E-state index in [-0.39, 0.29) is 18.8 Å². The van der Waals surface area contributed by atoms with Crippen molar-refractivity contribution in [1.29, 1.82) is 0 Å². The lowest BCUT2D eigenvalue weighted by molar-refractivity contribution is -0.155. The van der Waals surface area contributed by atoms with E-state index < -0.39 is 48.1 Å². The van der Waals surface area contributed by atoms with Crippen LogP contribution >= 0.6 is 11.3 Å². The van der Waals surface area contributed by atoms with Gasteiger partial charge in [-0.25, -0.2) is 15.0 Å². The van der Waals surface area contributed by atoms with Gasteiger partial charge in [-0.2, -0.15) is 26.3 Å². The van der Waals surface area contributed by atoms with Crippen molar-refractivity contribution in [3.63, 3.8) is 0 Å². The Morgan fingerprint density at radius 2 is 1.88 bits per heavy atom. The monoisotopic (exact) mass is 588 g/mol. The highest BCUT2D eigenvalue weighted by Crippen LogP contribution is 2.41. The van der Waals surface area contributed by atoms with Gasteiger partial charge in [0, 0.05) is 24.1 Å². The van der Waals surface area contributed by atoms with Crippen LogP contribution in [0.5, 0.6) is 0 Å². The summed E-state index contributed by atoms with van der Waals surface area (Å²) in [7, 11) is 0. The Kier molecular flexibility index (Phi) is 8.38. The molecule has 0 aliphatic heterocycles. The number of carbonyl (C=O) groups excluding carboxylic acids is 1. The minimum atomic E-state index is -4.66. The molecule has 40 heavy (non-hydrogen) atoms. The summed E-state index contributed by atoms with van der Waals surface area (Å²) in [5, 5.41) is 17.0. The summed E-state index contributed by atoms with van der Waals surface area (Å²) in [5.74, 6) is -1.01. The number of thiazole rings is 1. The second-order valence-corrected chi connectivity index (χ2v) is 10.8. The van der Waals surface area contributed by atoms with E-state index in [4.69, 9.17) is 5.73 Å². The zero-order chi connectivity index (χ0) is 29.3. The largest absolute Gasteiger partial charge is 0.433 e. The molecule has 216 valence electrons. The van der Waals surface area contributed by atoms with E-state index in [9.17, 15) is 36.2 Å². The molecule has 2 heterocycles. The van der Waals surface area contributed by atoms with Crippen molar-refractivity contribution in [1.82, 2.24) is 20.3 Å². The smallest absolute Gasteiger partial charge is 0.383 e. The number of nitrogens with zero attached hydrogens (tertiary/aromatic N) is 3. The Labute approximate surface area is 229 Å². The SMILES string of the molecule is Cc1cc(Nc2nccc(C(F)(F)F)n2)cc(-c2cnc([C@]3(O)CC[C@H](NC(=O)CC(N)C(F)(F)F)CC3)s2)c1. The van der Waals surface area contributed by atoms with E-state index >= 15 is 0 Å². The normalized spacial score (nSPS) is 20.7. The number of hydrogen-bond donors (Lipinski definition) is 4. The number of aliphatic hydroxyl groups is 1. The Bertz CT molecular complexity index is 1350. The predicted molar refractivity (Wildman–Crippen MR) is 136 cm³/mol. The van der Waals surface area contributed by atoms with Crippen molar-refractivity contribution in [2.45, 2.75) is 69.1 Å². The molecule has 0 radical (unpaired) electrons. The summed E-state index contributed by atoms with van der Waals surface area (Å²) in [6.07, 6.45) is -6.37. The number of alkyl halides is 6. The fraction of sp³-hybridized carbons (Fsp3) is 0.440. The van der Waals surface area contributed by atoms with Crippen molar-refractivity contribution in [2.24, 2.45) is 5.73 Å². The lowest BCUT2D eigenvalue weighted by Gasteiger charge is -2.35. The van der Waals surface area contributed by atoms with E-state index in [1.165, 1.54) is 11.3 Å². The van der Waals surface area contributed by atoms with Gasteiger partial charge >= 0.3 is 12.4 Å². The maximum atomic E-state index is 13.0. The number of rotatable bonds is 7. The summed E-state index contributed by atoms with van der Waals surface area (Å²) in [5.41, 5.74) is 4.66. The molecule has 0 spiro atoms. The van der Waals surface area contributed by atoms with Crippen LogP contribution in [0.15, 0.2) is 36.7 Å². The molecule has 5 N–H and O–H groups in total. The molecular weight excluding hydrogens is 562 g/mol. The molecule has 1 amide bonds. The summed E-state index contributed by atoms with van der Waals surface area (Å²) in [6, 6.07) is 3.43. The molecule has 1 aliphatic rings. The van der Waals surface area contributed by atoms with Gasteiger partial charge in [-0.1, -0.05) is 6.07 Å². The highest BCUT2D eigenvalue weighted by atomic mass is 32.1. The van der Waals surface area contributed by atoms with E-state index in [0.717, 1.165) is 17.8 Å². The van der Waals surface area contributed by atoms with Crippen LogP contribution in [0.1, 0.15) is 48.4 Å². The summed E-state index contributed by atoms with van der Waals surface area (Å²) in [4.78, 5) is 24.4. The van der Waals surface area contributed by atoms with Gasteiger partial charge in [0.1, 0.15) is 22.3 Å². The van der Waals surface area contributed by atoms with Crippen LogP contribution in [0.3, 0.4) is 0 Å². The third kappa shape index (κ3) is 7.26. The van der Waals surface area contributed by atoms with E-state index in [0.29, 0.717) is 34.0 Å². The van der Waals surface area contributed by atoms with Crippen LogP contribution in [-0.2, 0) is 16.6 Å². The van der Waals surface area contributed by atoms with Crippen LogP contribution in [0.4, 0.5) is 38.0 Å². The van der Waals surface area contributed by atoms with Crippen LogP contribution in [0.2, 0.25) is 0 Å². The van der Waals surface area contributed by atoms with Gasteiger partial charge in [-0.3, -0.25) is 4.79 Å². The molecule has 3 aromatic rings. The second-order valence-electron chi connectivity index (χ2n) is 9.73. The molecule has 8 nitrogen and oxygen atoms in total. The molecule has 4 rings (SSSR count). The maximum Gasteiger partial charge on any atom is 0.433 e. The number of anilines is 2. The predicted octanol–water partition coefficient (Wildman–Crippen LogP) is 5.20. The minimum absolute atomic E-state index is 0.213. The zero-order valence-electron chi connectivity index (χ0n) is 21.1. The van der Waals surface area contributed by atoms with Gasteiger partial charge in [-0.05, 0) is 61.9 Å². The summed E-state index contributed by atoms with van der Waals surface area (Å²) < 4.78 is 76.8. The molecule has 1 aliphatic carbocycles. The Balaban J connectivity index is 1.42. The molecule has 1 saturated carbocycles. The second kappa shape index (κ2) is 11.3. The van der Waals surface area contributed by atoms with E-state index in [1.54, 1.807) is 18.3 Å². The quantitative estimate of drug-likeness (QED) is 0.280. The number of hydrogen-bond acceptors (Lipinski definition) is 8. The van der Waals surface area contributed by atoms with Crippen LogP contribution in [0.25, 0.3) is 10.4 Å². The van der Waals surface area contributed by atoms with Crippen molar-refractivity contribution in [3.8, 4) is 10.4 Å². The molecular formula is C25H26F6N6O2S. The Morgan fingerprint density at radius 3 is 2.52 bits per heavy atom. The number of nitrogens with two attached hydrogens (primary N) is 1. The zero-order valence-corrected chi connectivity index (χ0v) is 21.9. The van der Waals surface area contributed by atoms with Crippen LogP contribution in [-0.4, -0.2) is 44.2 Å². The number of aromatic nitrogens is 3. The number of benzene rings is 1. The highest BCUT2D eigenvalue weighted by Gasteiger charge is 2.40. The first-order valence-electron chi connectivity index (χ1n) is 12.2. The molecule has 0 bridgehead atoms. The molecule has 2 aromatic heterocycles. The average molecular weight is 589 g/mol. The van der Waals surface area contributed by atoms with Gasteiger partial charge in [0.2, 0.25) is 11.9 Å². The van der Waals surface area contributed by atoms with Gasteiger partial charge < -0.3 is 21.5 Å². The molecule has 0 saturated heterocycles. The van der Waals surface area contributed by atoms with Gasteiger partial charge in [0.25, 0.3) is 0 Å². The van der Waals surface area contributed by atoms with Gasteiger partial charge in [-0.15, -0.1) is 11.3 Å². The number of aryl methyl sites for hydroxylation is 1. The summed E-state index contributed by atoms with van der Waals surface area (Å²) >= 11 is 1.25. The number of carbonyl (C=O) groups is 1. The first-order chi connectivity index (χ1) is 18.6. The van der Waals surface area contributed by atoms with Crippen molar-refractivity contribution >= 4 is 28.9 Å². The Morgan fingerprint density at radius 1 is 1.18 bits per heavy atom. The third-order valence-corrected chi connectivity index (χ3v) is 7.71. The summed E-state index contributed by atoms with van der Waals surface area (Å²) in [6.45, 7) is 1.81. The van der Waals surface area contributed by atoms with Crippen molar-refractivity contribution in [2.75, 3.05) is 5.32 Å². The highest BCUT2D eigenvalue weighted by molar-refractivity contribution is 7.15. The number of nitrogens with one attached hydrogen (secondary N) is 2. The van der Waals surface area contributed by atoms with E-state index in [1.807, 2.05) is 13.0 Å². The average Bonchev–Trinajstić information content (AvgIpc) is 3.36. The van der Waals surface area contributed by atoms with E-state index in [2.05, 4.69) is 25.6 Å². The van der Waals surface area contributed by atoms with Crippen molar-refractivity contribution < 1.29 is 36.2 Å². The van der Waals surface area contributed by atoms with Crippen LogP contribution < -0.4 is 16.4 Å². The number of halogens is 6. The van der Waals surface area contributed by atoms with Crippen molar-refractivity contribution in [3.05, 3.63) is 52.9 Å². The fourth-order valence-electron chi connectivity index (χ4n) is 4.38. The molecule has 1 fully saturated rings. The standard InChI is InChI=1S/C25H26F6N6O2S/c1-13-8-14(10-16(9-13)36-22-33-7-4-19(37-22)25(29,30)31)17-12-34-21(40-17)23(39)5-2-15(3-6-23)35-20(38)11-18(32)24(26,27)28/h4,7-10,12,15,18,39H,2-3,5-6,11,32H2,1H3,(H,35,38)(H,33,36,37)/t15-,18?,23-. The fourth-order valence-corrected chi connectivity index (χ4v) is 5.43. The maximum absolute atomic E-state index is 13.0. The van der Waals surface area contributed by atoms with Gasteiger partial charge in [0.15, 0.2) is 0 Å². The molecule has 15 heteroatoms. The Hall–Kier alpha value is -3.30. The first kappa shape index (κ1) is 29.7.